The van der Waals surface area contributed by atoms with Crippen LogP contribution in [0.2, 0.25) is 0 Å². The van der Waals surface area contributed by atoms with Crippen LogP contribution in [0.15, 0.2) is 48.5 Å². The third-order valence-electron chi connectivity index (χ3n) is 2.96. The predicted octanol–water partition coefficient (Wildman–Crippen LogP) is 3.69. The zero-order valence-electron chi connectivity index (χ0n) is 10.8. The Morgan fingerprint density at radius 2 is 1.17 bits per heavy atom. The summed E-state index contributed by atoms with van der Waals surface area (Å²) in [6.07, 6.45) is 0. The molecule has 0 fully saturated rings. The molecule has 1 aliphatic rings. The second-order valence-corrected chi connectivity index (χ2v) is 3.73. The smallest absolute Gasteiger partial charge is 0.400 e. The van der Waals surface area contributed by atoms with E-state index in [0.717, 1.165) is 7.11 Å². The Hall–Kier alpha value is -0.912. The average molecular weight is 410 g/mol. The van der Waals surface area contributed by atoms with Crippen LogP contribution in [0.25, 0.3) is 11.1 Å². The van der Waals surface area contributed by atoms with Crippen LogP contribution in [-0.2, 0) is 21.1 Å². The molecular formula is C16H18OW. The van der Waals surface area contributed by atoms with Crippen LogP contribution in [0.4, 0.5) is 0 Å². The number of aliphatic hydroxyl groups is 1. The van der Waals surface area contributed by atoms with Gasteiger partial charge in [-0.3, -0.25) is 0 Å². The molecule has 0 unspecified atom stereocenters. The summed E-state index contributed by atoms with van der Waals surface area (Å²) >= 11 is 0. The summed E-state index contributed by atoms with van der Waals surface area (Å²) in [6, 6.07) is 17.1. The first kappa shape index (κ1) is 17.1. The Balaban J connectivity index is 0.000000691. The van der Waals surface area contributed by atoms with Crippen molar-refractivity contribution in [1.82, 2.24) is 0 Å². The quantitative estimate of drug-likeness (QED) is 0.658. The van der Waals surface area contributed by atoms with Crippen molar-refractivity contribution in [3.05, 3.63) is 74.0 Å². The summed E-state index contributed by atoms with van der Waals surface area (Å²) < 4.78 is 0. The zero-order valence-corrected chi connectivity index (χ0v) is 13.7. The van der Waals surface area contributed by atoms with Crippen LogP contribution in [0.1, 0.15) is 17.0 Å². The molecule has 0 aromatic heterocycles. The molecule has 18 heavy (non-hydrogen) atoms. The molecule has 1 N–H and O–H groups in total. The molecular weight excluding hydrogens is 392 g/mol. The van der Waals surface area contributed by atoms with Crippen molar-refractivity contribution in [1.29, 1.82) is 0 Å². The van der Waals surface area contributed by atoms with Crippen molar-refractivity contribution in [3.8, 4) is 11.1 Å². The van der Waals surface area contributed by atoms with Gasteiger partial charge in [0.25, 0.3) is 0 Å². The third-order valence-corrected chi connectivity index (χ3v) is 2.96. The fraction of sp³-hybridized carbons (Fsp3) is 0.125. The Kier molecular flexibility index (Phi) is 7.13. The molecule has 0 heterocycles. The van der Waals surface area contributed by atoms with Gasteiger partial charge in [0, 0.05) is 7.11 Å². The minimum atomic E-state index is 0. The SMILES string of the molecule is CO.[CH2-]C1c2ccccc2-c2ccccc21.[CH3-].[W+2]. The van der Waals surface area contributed by atoms with Crippen LogP contribution < -0.4 is 0 Å². The van der Waals surface area contributed by atoms with E-state index < -0.39 is 0 Å². The first-order chi connectivity index (χ1) is 7.88. The Labute approximate surface area is 124 Å². The largest absolute Gasteiger partial charge is 2.00 e. The molecule has 2 aromatic carbocycles. The van der Waals surface area contributed by atoms with E-state index in [0.29, 0.717) is 5.92 Å². The van der Waals surface area contributed by atoms with E-state index >= 15 is 0 Å². The molecule has 0 atom stereocenters. The number of hydrogen-bond acceptors (Lipinski definition) is 1. The van der Waals surface area contributed by atoms with Crippen LogP contribution in [0.3, 0.4) is 0 Å². The van der Waals surface area contributed by atoms with Crippen LogP contribution in [0.5, 0.6) is 0 Å². The maximum Gasteiger partial charge on any atom is 2.00 e. The molecule has 1 aliphatic carbocycles. The van der Waals surface area contributed by atoms with E-state index in [4.69, 9.17) is 5.11 Å². The third kappa shape index (κ3) is 2.74. The van der Waals surface area contributed by atoms with Gasteiger partial charge in [-0.25, -0.2) is 0 Å². The zero-order chi connectivity index (χ0) is 11.5. The Morgan fingerprint density at radius 3 is 1.56 bits per heavy atom. The Morgan fingerprint density at radius 1 is 0.833 bits per heavy atom. The van der Waals surface area contributed by atoms with E-state index in [1.165, 1.54) is 22.3 Å². The maximum atomic E-state index is 7.00. The van der Waals surface area contributed by atoms with E-state index in [1.807, 2.05) is 0 Å². The minimum Gasteiger partial charge on any atom is -0.400 e. The van der Waals surface area contributed by atoms with Gasteiger partial charge < -0.3 is 19.5 Å². The molecule has 3 rings (SSSR count). The molecule has 2 aromatic rings. The monoisotopic (exact) mass is 410 g/mol. The molecule has 0 radical (unpaired) electrons. The maximum absolute atomic E-state index is 7.00. The fourth-order valence-corrected chi connectivity index (χ4v) is 2.26. The van der Waals surface area contributed by atoms with Crippen LogP contribution >= 0.6 is 0 Å². The van der Waals surface area contributed by atoms with Gasteiger partial charge in [-0.2, -0.15) is 0 Å². The molecule has 0 spiro atoms. The summed E-state index contributed by atoms with van der Waals surface area (Å²) in [4.78, 5) is 0. The minimum absolute atomic E-state index is 0. The van der Waals surface area contributed by atoms with E-state index in [9.17, 15) is 0 Å². The second-order valence-electron chi connectivity index (χ2n) is 3.73. The van der Waals surface area contributed by atoms with Gasteiger partial charge in [0.1, 0.15) is 0 Å². The van der Waals surface area contributed by atoms with Gasteiger partial charge in [-0.1, -0.05) is 59.7 Å². The Bertz CT molecular complexity index is 448. The van der Waals surface area contributed by atoms with Gasteiger partial charge in [-0.05, 0) is 11.1 Å². The number of benzene rings is 2. The van der Waals surface area contributed by atoms with E-state index in [1.54, 1.807) is 0 Å². The molecule has 1 nitrogen and oxygen atoms in total. The number of fused-ring (bicyclic) bond motifs is 3. The van der Waals surface area contributed by atoms with Gasteiger partial charge in [-0.15, -0.1) is 5.92 Å². The van der Waals surface area contributed by atoms with Gasteiger partial charge in [0.15, 0.2) is 0 Å². The summed E-state index contributed by atoms with van der Waals surface area (Å²) in [7, 11) is 1.00. The van der Waals surface area contributed by atoms with Crippen molar-refractivity contribution in [2.75, 3.05) is 7.11 Å². The summed E-state index contributed by atoms with van der Waals surface area (Å²) in [5, 5.41) is 7.00. The van der Waals surface area contributed by atoms with Crippen molar-refractivity contribution in [2.24, 2.45) is 0 Å². The molecule has 0 saturated carbocycles. The number of hydrogen-bond donors (Lipinski definition) is 1. The summed E-state index contributed by atoms with van der Waals surface area (Å²) in [5.74, 6) is 0.308. The van der Waals surface area contributed by atoms with Gasteiger partial charge >= 0.3 is 21.1 Å². The normalized spacial score (nSPS) is 11.1. The van der Waals surface area contributed by atoms with E-state index in [2.05, 4.69) is 55.5 Å². The molecule has 0 amide bonds. The molecule has 0 aliphatic heterocycles. The van der Waals surface area contributed by atoms with Crippen LogP contribution in [0, 0.1) is 14.4 Å². The molecule has 0 saturated heterocycles. The molecule has 0 bridgehead atoms. The van der Waals surface area contributed by atoms with Crippen molar-refractivity contribution in [3.63, 3.8) is 0 Å². The average Bonchev–Trinajstić information content (AvgIpc) is 2.67. The van der Waals surface area contributed by atoms with Crippen LogP contribution in [-0.4, -0.2) is 12.2 Å². The predicted molar refractivity (Wildman–Crippen MR) is 73.6 cm³/mol. The number of rotatable bonds is 0. The first-order valence-corrected chi connectivity index (χ1v) is 5.34. The van der Waals surface area contributed by atoms with Crippen molar-refractivity contribution in [2.45, 2.75) is 5.92 Å². The fourth-order valence-electron chi connectivity index (χ4n) is 2.26. The molecule has 2 heteroatoms. The topological polar surface area (TPSA) is 20.2 Å². The standard InChI is InChI=1S/C14H11.CH4O.CH3.W/c1-10-11-6-2-4-8-13(11)14-9-5-3-7-12(10)14;1-2;;/h2-10H,1H2;2H,1H3;1H3;/q-1;;-1;+2. The number of aliphatic hydroxyl groups excluding tert-OH is 1. The van der Waals surface area contributed by atoms with Crippen molar-refractivity contribution >= 4 is 0 Å². The second kappa shape index (κ2) is 7.51. The van der Waals surface area contributed by atoms with Gasteiger partial charge in [0.05, 0.1) is 0 Å². The molecule has 94 valence electrons. The van der Waals surface area contributed by atoms with E-state index in [-0.39, 0.29) is 28.5 Å². The van der Waals surface area contributed by atoms with Gasteiger partial charge in [0.2, 0.25) is 0 Å². The first-order valence-electron chi connectivity index (χ1n) is 5.34. The summed E-state index contributed by atoms with van der Waals surface area (Å²) in [5.41, 5.74) is 5.41. The summed E-state index contributed by atoms with van der Waals surface area (Å²) in [6.45, 7) is 4.22. The van der Waals surface area contributed by atoms with Crippen molar-refractivity contribution < 1.29 is 26.2 Å².